The topological polar surface area (TPSA) is 37.4 Å². The Morgan fingerprint density at radius 3 is 1.94 bits per heavy atom. The van der Waals surface area contributed by atoms with Crippen molar-refractivity contribution in [2.45, 2.75) is 12.8 Å². The molecule has 1 heterocycles. The Morgan fingerprint density at radius 2 is 1.44 bits per heavy atom. The highest BCUT2D eigenvalue weighted by Gasteiger charge is 2.47. The zero-order valence-electron chi connectivity index (χ0n) is 9.67. The molecule has 0 spiro atoms. The molecule has 1 aliphatic heterocycles. The normalized spacial score (nSPS) is 26.6. The van der Waals surface area contributed by atoms with Crippen LogP contribution < -0.4 is 4.90 Å². The molecule has 18 heavy (non-hydrogen) atoms. The molecule has 4 heteroatoms. The fourth-order valence-electron chi connectivity index (χ4n) is 2.64. The van der Waals surface area contributed by atoms with E-state index < -0.39 is 0 Å². The summed E-state index contributed by atoms with van der Waals surface area (Å²) in [7, 11) is 0. The number of amides is 2. The Balaban J connectivity index is 1.96. The maximum Gasteiger partial charge on any atom is 0.238 e. The predicted octanol–water partition coefficient (Wildman–Crippen LogP) is 2.75. The lowest BCUT2D eigenvalue weighted by Crippen LogP contribution is -2.30. The van der Waals surface area contributed by atoms with Crippen LogP contribution in [0.15, 0.2) is 36.4 Å². The van der Waals surface area contributed by atoms with Gasteiger partial charge < -0.3 is 0 Å². The van der Waals surface area contributed by atoms with Crippen LogP contribution in [0.25, 0.3) is 0 Å². The van der Waals surface area contributed by atoms with Gasteiger partial charge in [0.15, 0.2) is 0 Å². The van der Waals surface area contributed by atoms with Crippen molar-refractivity contribution >= 4 is 40.1 Å². The molecule has 1 aromatic carbocycles. The summed E-state index contributed by atoms with van der Waals surface area (Å²) in [6, 6.07) is 7.50. The van der Waals surface area contributed by atoms with E-state index in [1.165, 1.54) is 4.90 Å². The molecular weight excluding hydrogens is 341 g/mol. The number of imide groups is 1. The number of nitrogens with zero attached hydrogens (tertiary/aromatic N) is 1. The fraction of sp³-hybridized carbons (Fsp3) is 0.286. The summed E-state index contributed by atoms with van der Waals surface area (Å²) < 4.78 is 1.09. The van der Waals surface area contributed by atoms with Crippen molar-refractivity contribution in [2.24, 2.45) is 11.8 Å². The number of hydrogen-bond donors (Lipinski definition) is 0. The van der Waals surface area contributed by atoms with E-state index in [-0.39, 0.29) is 23.7 Å². The number of carbonyl (C=O) groups is 2. The molecule has 1 aliphatic carbocycles. The van der Waals surface area contributed by atoms with E-state index in [9.17, 15) is 9.59 Å². The van der Waals surface area contributed by atoms with Crippen molar-refractivity contribution in [3.63, 3.8) is 0 Å². The first kappa shape index (κ1) is 11.9. The lowest BCUT2D eigenvalue weighted by atomic mass is 9.85. The molecule has 0 saturated carbocycles. The first-order chi connectivity index (χ1) is 8.68. The number of allylic oxidation sites excluding steroid dienone is 2. The zero-order chi connectivity index (χ0) is 12.7. The summed E-state index contributed by atoms with van der Waals surface area (Å²) in [5.74, 6) is -0.394. The number of fused-ring (bicyclic) bond motifs is 1. The number of carbonyl (C=O) groups excluding carboxylic acids is 2. The third-order valence-corrected chi connectivity index (χ3v) is 4.31. The number of rotatable bonds is 1. The van der Waals surface area contributed by atoms with Gasteiger partial charge in [-0.05, 0) is 59.7 Å². The first-order valence-corrected chi connectivity index (χ1v) is 7.05. The zero-order valence-corrected chi connectivity index (χ0v) is 11.8. The van der Waals surface area contributed by atoms with Crippen LogP contribution in [0.5, 0.6) is 0 Å². The SMILES string of the molecule is O=C1[C@H]2CC=CC[C@@H]2C(=O)N1c1ccc(I)cc1. The standard InChI is InChI=1S/C14H12INO2/c15-9-5-7-10(8-6-9)16-13(17)11-3-1-2-4-12(11)14(16)18/h1-2,5-8,11-12H,3-4H2/t11-,12-/m0/s1. The van der Waals surface area contributed by atoms with Gasteiger partial charge in [0, 0.05) is 3.57 Å². The van der Waals surface area contributed by atoms with E-state index in [0.29, 0.717) is 18.5 Å². The molecule has 0 aromatic heterocycles. The van der Waals surface area contributed by atoms with Gasteiger partial charge in [0.1, 0.15) is 0 Å². The van der Waals surface area contributed by atoms with Crippen LogP contribution in [0.3, 0.4) is 0 Å². The molecule has 3 rings (SSSR count). The summed E-state index contributed by atoms with van der Waals surface area (Å²) >= 11 is 2.20. The average Bonchev–Trinajstić information content (AvgIpc) is 2.64. The highest BCUT2D eigenvalue weighted by Crippen LogP contribution is 2.37. The van der Waals surface area contributed by atoms with Gasteiger partial charge in [-0.1, -0.05) is 12.2 Å². The van der Waals surface area contributed by atoms with Crippen LogP contribution in [-0.4, -0.2) is 11.8 Å². The molecule has 1 aromatic rings. The third-order valence-electron chi connectivity index (χ3n) is 3.59. The van der Waals surface area contributed by atoms with E-state index in [1.54, 1.807) is 0 Å². The van der Waals surface area contributed by atoms with Crippen molar-refractivity contribution in [1.29, 1.82) is 0 Å². The quantitative estimate of drug-likeness (QED) is 0.442. The van der Waals surface area contributed by atoms with Gasteiger partial charge >= 0.3 is 0 Å². The first-order valence-electron chi connectivity index (χ1n) is 5.97. The van der Waals surface area contributed by atoms with Gasteiger partial charge in [-0.25, -0.2) is 0 Å². The van der Waals surface area contributed by atoms with Gasteiger partial charge in [-0.3, -0.25) is 14.5 Å². The summed E-state index contributed by atoms with van der Waals surface area (Å²) in [5.41, 5.74) is 0.694. The van der Waals surface area contributed by atoms with E-state index in [1.807, 2.05) is 36.4 Å². The van der Waals surface area contributed by atoms with Crippen LogP contribution in [0, 0.1) is 15.4 Å². The molecule has 0 radical (unpaired) electrons. The minimum atomic E-state index is -0.151. The molecule has 0 unspecified atom stereocenters. The minimum Gasteiger partial charge on any atom is -0.274 e. The molecular formula is C14H12INO2. The Kier molecular flexibility index (Phi) is 2.97. The molecule has 92 valence electrons. The van der Waals surface area contributed by atoms with E-state index in [2.05, 4.69) is 22.6 Å². The Bertz CT molecular complexity index is 509. The second kappa shape index (κ2) is 4.50. The molecule has 0 bridgehead atoms. The highest BCUT2D eigenvalue weighted by atomic mass is 127. The van der Waals surface area contributed by atoms with E-state index in [4.69, 9.17) is 0 Å². The van der Waals surface area contributed by atoms with Crippen molar-refractivity contribution < 1.29 is 9.59 Å². The number of benzene rings is 1. The summed E-state index contributed by atoms with van der Waals surface area (Å²) in [5, 5.41) is 0. The monoisotopic (exact) mass is 353 g/mol. The van der Waals surface area contributed by atoms with Crippen molar-refractivity contribution in [1.82, 2.24) is 0 Å². The number of anilines is 1. The van der Waals surface area contributed by atoms with E-state index in [0.717, 1.165) is 3.57 Å². The summed E-state index contributed by atoms with van der Waals surface area (Å²) in [6.07, 6.45) is 5.39. The van der Waals surface area contributed by atoms with Crippen LogP contribution in [0.2, 0.25) is 0 Å². The number of halogens is 1. The lowest BCUT2D eigenvalue weighted by Gasteiger charge is -2.14. The molecule has 0 N–H and O–H groups in total. The van der Waals surface area contributed by atoms with Gasteiger partial charge in [0.05, 0.1) is 17.5 Å². The number of hydrogen-bond acceptors (Lipinski definition) is 2. The third kappa shape index (κ3) is 1.79. The van der Waals surface area contributed by atoms with Gasteiger partial charge in [-0.2, -0.15) is 0 Å². The van der Waals surface area contributed by atoms with Crippen LogP contribution in [0.4, 0.5) is 5.69 Å². The van der Waals surface area contributed by atoms with Crippen molar-refractivity contribution in [2.75, 3.05) is 4.90 Å². The predicted molar refractivity (Wildman–Crippen MR) is 77.0 cm³/mol. The molecule has 1 fully saturated rings. The maximum atomic E-state index is 12.3. The largest absolute Gasteiger partial charge is 0.274 e. The van der Waals surface area contributed by atoms with Crippen LogP contribution in [0.1, 0.15) is 12.8 Å². The molecule has 2 atom stereocenters. The highest BCUT2D eigenvalue weighted by molar-refractivity contribution is 14.1. The van der Waals surface area contributed by atoms with Crippen LogP contribution >= 0.6 is 22.6 Å². The molecule has 3 nitrogen and oxygen atoms in total. The van der Waals surface area contributed by atoms with Crippen LogP contribution in [-0.2, 0) is 9.59 Å². The Labute approximate surface area is 119 Å². The maximum absolute atomic E-state index is 12.3. The van der Waals surface area contributed by atoms with Gasteiger partial charge in [-0.15, -0.1) is 0 Å². The van der Waals surface area contributed by atoms with Crippen molar-refractivity contribution in [3.8, 4) is 0 Å². The second-order valence-electron chi connectivity index (χ2n) is 4.64. The summed E-state index contributed by atoms with van der Waals surface area (Å²) in [6.45, 7) is 0. The Morgan fingerprint density at radius 1 is 0.944 bits per heavy atom. The fourth-order valence-corrected chi connectivity index (χ4v) is 3.00. The molecule has 1 saturated heterocycles. The Hall–Kier alpha value is -1.17. The van der Waals surface area contributed by atoms with Crippen molar-refractivity contribution in [3.05, 3.63) is 40.0 Å². The smallest absolute Gasteiger partial charge is 0.238 e. The lowest BCUT2D eigenvalue weighted by molar-refractivity contribution is -0.122. The van der Waals surface area contributed by atoms with Gasteiger partial charge in [0.2, 0.25) is 11.8 Å². The average molecular weight is 353 g/mol. The summed E-state index contributed by atoms with van der Waals surface area (Å²) in [4.78, 5) is 26.0. The second-order valence-corrected chi connectivity index (χ2v) is 5.89. The van der Waals surface area contributed by atoms with Gasteiger partial charge in [0.25, 0.3) is 0 Å². The minimum absolute atomic E-state index is 0.0458. The molecule has 2 aliphatic rings. The van der Waals surface area contributed by atoms with E-state index >= 15 is 0 Å². The molecule has 2 amide bonds.